The fraction of sp³-hybridized carbons (Fsp3) is 0.579. The second-order valence-electron chi connectivity index (χ2n) is 6.75. The summed E-state index contributed by atoms with van der Waals surface area (Å²) in [6, 6.07) is 7.28. The monoisotopic (exact) mass is 360 g/mol. The van der Waals surface area contributed by atoms with Crippen LogP contribution in [0.1, 0.15) is 16.8 Å². The summed E-state index contributed by atoms with van der Waals surface area (Å²) in [7, 11) is 1.60. The van der Waals surface area contributed by atoms with Crippen molar-refractivity contribution in [1.82, 2.24) is 20.0 Å². The fourth-order valence-corrected chi connectivity index (χ4v) is 3.44. The van der Waals surface area contributed by atoms with Gasteiger partial charge in [-0.25, -0.2) is 0 Å². The van der Waals surface area contributed by atoms with Crippen LogP contribution in [0.3, 0.4) is 0 Å². The van der Waals surface area contributed by atoms with E-state index in [1.807, 2.05) is 28.0 Å². The number of carbonyl (C=O) groups is 2. The van der Waals surface area contributed by atoms with Gasteiger partial charge < -0.3 is 19.9 Å². The molecule has 7 heteroatoms. The molecule has 142 valence electrons. The maximum Gasteiger partial charge on any atom is 0.254 e. The van der Waals surface area contributed by atoms with Gasteiger partial charge in [0.25, 0.3) is 5.91 Å². The molecule has 0 radical (unpaired) electrons. The minimum absolute atomic E-state index is 0.0421. The molecule has 0 spiro atoms. The summed E-state index contributed by atoms with van der Waals surface area (Å²) in [4.78, 5) is 31.0. The van der Waals surface area contributed by atoms with Crippen LogP contribution in [-0.2, 0) is 4.79 Å². The van der Waals surface area contributed by atoms with Crippen LogP contribution in [-0.4, -0.2) is 92.5 Å². The van der Waals surface area contributed by atoms with Crippen molar-refractivity contribution in [2.24, 2.45) is 0 Å². The second kappa shape index (κ2) is 9.00. The van der Waals surface area contributed by atoms with Crippen LogP contribution in [0.2, 0.25) is 0 Å². The first-order valence-electron chi connectivity index (χ1n) is 9.31. The highest BCUT2D eigenvalue weighted by atomic mass is 16.5. The predicted molar refractivity (Wildman–Crippen MR) is 99.4 cm³/mol. The molecule has 0 unspecified atom stereocenters. The van der Waals surface area contributed by atoms with Crippen molar-refractivity contribution in [2.75, 3.05) is 66.0 Å². The number of amides is 2. The molecule has 0 bridgehead atoms. The molecule has 1 N–H and O–H groups in total. The topological polar surface area (TPSA) is 65.1 Å². The molecule has 1 aromatic rings. The van der Waals surface area contributed by atoms with Crippen molar-refractivity contribution in [1.29, 1.82) is 0 Å². The number of ether oxygens (including phenoxy) is 1. The molecule has 2 heterocycles. The van der Waals surface area contributed by atoms with E-state index in [0.717, 1.165) is 45.8 Å². The van der Waals surface area contributed by atoms with Crippen LogP contribution in [0, 0.1) is 0 Å². The molecular formula is C19H28N4O3. The number of nitrogens with zero attached hydrogens (tertiary/aromatic N) is 3. The van der Waals surface area contributed by atoms with E-state index >= 15 is 0 Å². The van der Waals surface area contributed by atoms with Crippen molar-refractivity contribution in [2.45, 2.75) is 6.42 Å². The number of carbonyl (C=O) groups excluding carboxylic acids is 2. The maximum atomic E-state index is 12.6. The zero-order valence-electron chi connectivity index (χ0n) is 15.4. The molecule has 0 aliphatic carbocycles. The molecule has 2 amide bonds. The van der Waals surface area contributed by atoms with E-state index in [2.05, 4.69) is 10.2 Å². The van der Waals surface area contributed by atoms with E-state index in [1.165, 1.54) is 0 Å². The number of methoxy groups -OCH3 is 1. The Hall–Kier alpha value is -2.12. The van der Waals surface area contributed by atoms with Crippen LogP contribution in [0.5, 0.6) is 5.75 Å². The van der Waals surface area contributed by atoms with Gasteiger partial charge in [-0.05, 0) is 18.2 Å². The van der Waals surface area contributed by atoms with Gasteiger partial charge in [-0.1, -0.05) is 6.07 Å². The fourth-order valence-electron chi connectivity index (χ4n) is 3.44. The summed E-state index contributed by atoms with van der Waals surface area (Å²) >= 11 is 0. The largest absolute Gasteiger partial charge is 0.497 e. The Morgan fingerprint density at radius 1 is 1.04 bits per heavy atom. The van der Waals surface area contributed by atoms with Gasteiger partial charge in [0.1, 0.15) is 5.75 Å². The predicted octanol–water partition coefficient (Wildman–Crippen LogP) is 0.275. The van der Waals surface area contributed by atoms with E-state index in [1.54, 1.807) is 13.2 Å². The quantitative estimate of drug-likeness (QED) is 0.817. The molecule has 2 aliphatic heterocycles. The molecule has 0 aromatic heterocycles. The molecule has 26 heavy (non-hydrogen) atoms. The molecule has 3 rings (SSSR count). The van der Waals surface area contributed by atoms with E-state index in [9.17, 15) is 9.59 Å². The molecule has 0 saturated carbocycles. The van der Waals surface area contributed by atoms with Crippen molar-refractivity contribution >= 4 is 11.8 Å². The van der Waals surface area contributed by atoms with Crippen molar-refractivity contribution in [3.8, 4) is 5.75 Å². The number of nitrogens with one attached hydrogen (secondary N) is 1. The summed E-state index contributed by atoms with van der Waals surface area (Å²) in [6.07, 6.45) is 0.559. The van der Waals surface area contributed by atoms with Crippen molar-refractivity contribution in [3.05, 3.63) is 29.8 Å². The van der Waals surface area contributed by atoms with E-state index in [0.29, 0.717) is 30.8 Å². The number of benzene rings is 1. The number of rotatable bonds is 5. The third-order valence-electron chi connectivity index (χ3n) is 5.09. The van der Waals surface area contributed by atoms with Gasteiger partial charge in [-0.15, -0.1) is 0 Å². The van der Waals surface area contributed by atoms with Gasteiger partial charge >= 0.3 is 0 Å². The molecular weight excluding hydrogens is 332 g/mol. The van der Waals surface area contributed by atoms with Crippen LogP contribution < -0.4 is 10.1 Å². The Balaban J connectivity index is 1.43. The van der Waals surface area contributed by atoms with E-state index < -0.39 is 0 Å². The lowest BCUT2D eigenvalue weighted by molar-refractivity contribution is -0.132. The number of piperazine rings is 2. The Morgan fingerprint density at radius 3 is 2.46 bits per heavy atom. The van der Waals surface area contributed by atoms with E-state index in [-0.39, 0.29) is 11.8 Å². The highest BCUT2D eigenvalue weighted by Gasteiger charge is 2.23. The van der Waals surface area contributed by atoms with Crippen LogP contribution >= 0.6 is 0 Å². The molecule has 7 nitrogen and oxygen atoms in total. The smallest absolute Gasteiger partial charge is 0.254 e. The van der Waals surface area contributed by atoms with Crippen LogP contribution in [0.25, 0.3) is 0 Å². The van der Waals surface area contributed by atoms with Crippen LogP contribution in [0.15, 0.2) is 24.3 Å². The third kappa shape index (κ3) is 4.74. The zero-order chi connectivity index (χ0) is 18.4. The van der Waals surface area contributed by atoms with Gasteiger partial charge in [-0.2, -0.15) is 0 Å². The highest BCUT2D eigenvalue weighted by Crippen LogP contribution is 2.15. The van der Waals surface area contributed by atoms with Gasteiger partial charge in [0.05, 0.1) is 7.11 Å². The van der Waals surface area contributed by atoms with Gasteiger partial charge in [-0.3, -0.25) is 14.5 Å². The molecule has 2 saturated heterocycles. The first-order chi connectivity index (χ1) is 12.7. The Labute approximate surface area is 154 Å². The van der Waals surface area contributed by atoms with Crippen molar-refractivity contribution < 1.29 is 14.3 Å². The zero-order valence-corrected chi connectivity index (χ0v) is 15.4. The Bertz CT molecular complexity index is 623. The summed E-state index contributed by atoms with van der Waals surface area (Å²) in [5.74, 6) is 0.975. The molecule has 2 fully saturated rings. The highest BCUT2D eigenvalue weighted by molar-refractivity contribution is 5.94. The lowest BCUT2D eigenvalue weighted by Crippen LogP contribution is -2.50. The standard InChI is InChI=1S/C19H28N4O3/c1-26-17-4-2-3-16(15-17)19(25)23-13-11-21(12-14-23)8-5-18(24)22-9-6-20-7-10-22/h2-4,15,20H,5-14H2,1H3. The van der Waals surface area contributed by atoms with E-state index in [4.69, 9.17) is 4.74 Å². The average Bonchev–Trinajstić information content (AvgIpc) is 2.72. The summed E-state index contributed by atoms with van der Waals surface area (Å²) in [5.41, 5.74) is 0.659. The first kappa shape index (κ1) is 18.7. The SMILES string of the molecule is COc1cccc(C(=O)N2CCN(CCC(=O)N3CCNCC3)CC2)c1. The Morgan fingerprint density at radius 2 is 1.77 bits per heavy atom. The Kier molecular flexibility index (Phi) is 6.46. The molecule has 2 aliphatic rings. The average molecular weight is 360 g/mol. The first-order valence-corrected chi connectivity index (χ1v) is 9.31. The van der Waals surface area contributed by atoms with Crippen molar-refractivity contribution in [3.63, 3.8) is 0 Å². The summed E-state index contributed by atoms with van der Waals surface area (Å²) in [6.45, 7) is 7.16. The van der Waals surface area contributed by atoms with Gasteiger partial charge in [0.15, 0.2) is 0 Å². The minimum Gasteiger partial charge on any atom is -0.497 e. The minimum atomic E-state index is 0.0421. The van der Waals surface area contributed by atoms with Gasteiger partial charge in [0, 0.05) is 70.9 Å². The van der Waals surface area contributed by atoms with Crippen LogP contribution in [0.4, 0.5) is 0 Å². The number of hydrogen-bond acceptors (Lipinski definition) is 5. The maximum absolute atomic E-state index is 12.6. The summed E-state index contributed by atoms with van der Waals surface area (Å²) < 4.78 is 5.19. The molecule has 0 atom stereocenters. The lowest BCUT2D eigenvalue weighted by atomic mass is 10.1. The third-order valence-corrected chi connectivity index (χ3v) is 5.09. The summed E-state index contributed by atoms with van der Waals surface area (Å²) in [5, 5.41) is 3.26. The lowest BCUT2D eigenvalue weighted by Gasteiger charge is -2.35. The normalized spacial score (nSPS) is 18.7. The molecule has 1 aromatic carbocycles. The number of hydrogen-bond donors (Lipinski definition) is 1. The second-order valence-corrected chi connectivity index (χ2v) is 6.75. The van der Waals surface area contributed by atoms with Gasteiger partial charge in [0.2, 0.25) is 5.91 Å².